The Morgan fingerprint density at radius 3 is 1.42 bits per heavy atom. The summed E-state index contributed by atoms with van der Waals surface area (Å²) < 4.78 is 37.2. The van der Waals surface area contributed by atoms with Gasteiger partial charge in [-0.3, -0.25) is 4.79 Å². The van der Waals surface area contributed by atoms with Gasteiger partial charge in [-0.05, 0) is 5.53 Å². The second-order valence-corrected chi connectivity index (χ2v) is 6.13. The number of azide groups is 1. The molecule has 0 unspecified atom stereocenters. The number of nitrogens with zero attached hydrogens (tertiary/aromatic N) is 3. The fourth-order valence-corrected chi connectivity index (χ4v) is 2.03. The number of nitrogens with one attached hydrogen (secondary N) is 1. The maximum Gasteiger partial charge on any atom is 0.305 e. The zero-order valence-corrected chi connectivity index (χ0v) is 20.0. The van der Waals surface area contributed by atoms with Gasteiger partial charge in [0.1, 0.15) is 0 Å². The highest BCUT2D eigenvalue weighted by molar-refractivity contribution is 5.85. The minimum atomic E-state index is -0.871. The van der Waals surface area contributed by atoms with E-state index in [2.05, 4.69) is 15.3 Å². The molecule has 14 heteroatoms. The van der Waals surface area contributed by atoms with E-state index in [4.69, 9.17) is 43.8 Å². The maximum absolute atomic E-state index is 10.3. The lowest BCUT2D eigenvalue weighted by atomic mass is 10.5. The Bertz CT molecular complexity index is 435. The predicted molar refractivity (Wildman–Crippen MR) is 122 cm³/mol. The van der Waals surface area contributed by atoms with E-state index in [0.717, 1.165) is 13.1 Å². The van der Waals surface area contributed by atoms with Gasteiger partial charge in [-0.2, -0.15) is 0 Å². The molecule has 0 aromatic heterocycles. The van der Waals surface area contributed by atoms with E-state index < -0.39 is 5.97 Å². The van der Waals surface area contributed by atoms with Crippen LogP contribution in [0.5, 0.6) is 0 Å². The number of aliphatic carboxylic acids is 1. The van der Waals surface area contributed by atoms with E-state index in [-0.39, 0.29) is 25.4 Å². The van der Waals surface area contributed by atoms with Crippen molar-refractivity contribution in [2.75, 3.05) is 112 Å². The second kappa shape index (κ2) is 30.8. The molecule has 0 aliphatic heterocycles. The Morgan fingerprint density at radius 2 is 1.03 bits per heavy atom. The standard InChI is InChI=1S/C19H38N4O9.ClH/c20-23-22-4-8-29-12-16-31-14-10-27-6-2-21-3-7-28-11-15-32-18-17-30-13-9-26-5-1-19(24)25;/h21H,1-18H2,(H,24,25);1H. The van der Waals surface area contributed by atoms with Crippen molar-refractivity contribution in [3.63, 3.8) is 0 Å². The Morgan fingerprint density at radius 1 is 0.667 bits per heavy atom. The summed E-state index contributed by atoms with van der Waals surface area (Å²) in [5.41, 5.74) is 8.10. The largest absolute Gasteiger partial charge is 0.481 e. The highest BCUT2D eigenvalue weighted by Crippen LogP contribution is 1.86. The van der Waals surface area contributed by atoms with Crippen LogP contribution >= 0.6 is 12.4 Å². The Balaban J connectivity index is 0. The quantitative estimate of drug-likeness (QED) is 0.0713. The lowest BCUT2D eigenvalue weighted by molar-refractivity contribution is -0.138. The fourth-order valence-electron chi connectivity index (χ4n) is 2.03. The number of carbonyl (C=O) groups is 1. The van der Waals surface area contributed by atoms with Crippen LogP contribution in [0.2, 0.25) is 0 Å². The van der Waals surface area contributed by atoms with Crippen LogP contribution in [-0.2, 0) is 38.0 Å². The second-order valence-electron chi connectivity index (χ2n) is 6.13. The van der Waals surface area contributed by atoms with E-state index >= 15 is 0 Å². The zero-order valence-electron chi connectivity index (χ0n) is 19.2. The van der Waals surface area contributed by atoms with E-state index in [1.807, 2.05) is 0 Å². The van der Waals surface area contributed by atoms with Crippen molar-refractivity contribution in [3.05, 3.63) is 10.4 Å². The average molecular weight is 503 g/mol. The summed E-state index contributed by atoms with van der Waals surface area (Å²) in [5, 5.41) is 15.0. The number of hydrogen-bond acceptors (Lipinski definition) is 10. The summed E-state index contributed by atoms with van der Waals surface area (Å²) in [6.07, 6.45) is 0.00292. The summed E-state index contributed by atoms with van der Waals surface area (Å²) in [7, 11) is 0. The lowest BCUT2D eigenvalue weighted by Crippen LogP contribution is -2.25. The van der Waals surface area contributed by atoms with E-state index in [1.165, 1.54) is 0 Å². The number of ether oxygens (including phenoxy) is 7. The van der Waals surface area contributed by atoms with Gasteiger partial charge in [-0.15, -0.1) is 12.4 Å². The Kier molecular flexibility index (Phi) is 31.6. The van der Waals surface area contributed by atoms with Gasteiger partial charge in [-0.25, -0.2) is 0 Å². The summed E-state index contributed by atoms with van der Waals surface area (Å²) in [5.74, 6) is -0.871. The number of halogens is 1. The molecule has 0 radical (unpaired) electrons. The highest BCUT2D eigenvalue weighted by Gasteiger charge is 1.97. The molecule has 13 nitrogen and oxygen atoms in total. The average Bonchev–Trinajstić information content (AvgIpc) is 2.78. The first-order chi connectivity index (χ1) is 15.8. The molecule has 0 rings (SSSR count). The number of hydrogen-bond donors (Lipinski definition) is 2. The molecule has 0 fully saturated rings. The van der Waals surface area contributed by atoms with Crippen molar-refractivity contribution >= 4 is 18.4 Å². The lowest BCUT2D eigenvalue weighted by Gasteiger charge is -2.08. The molecule has 2 N–H and O–H groups in total. The third-order valence-corrected chi connectivity index (χ3v) is 3.57. The molecule has 0 aliphatic carbocycles. The number of carboxylic acid groups (broad SMARTS) is 1. The van der Waals surface area contributed by atoms with Gasteiger partial charge in [0.2, 0.25) is 0 Å². The first-order valence-electron chi connectivity index (χ1n) is 10.7. The summed E-state index contributed by atoms with van der Waals surface area (Å²) in [6, 6.07) is 0. The minimum Gasteiger partial charge on any atom is -0.481 e. The van der Waals surface area contributed by atoms with Crippen LogP contribution in [0, 0.1) is 0 Å². The van der Waals surface area contributed by atoms with Gasteiger partial charge in [0.25, 0.3) is 0 Å². The summed E-state index contributed by atoms with van der Waals surface area (Å²) >= 11 is 0. The van der Waals surface area contributed by atoms with Gasteiger partial charge >= 0.3 is 5.97 Å². The van der Waals surface area contributed by atoms with Crippen molar-refractivity contribution < 1.29 is 43.1 Å². The molecule has 0 saturated carbocycles. The van der Waals surface area contributed by atoms with E-state index in [0.29, 0.717) is 92.4 Å². The van der Waals surface area contributed by atoms with Crippen molar-refractivity contribution in [1.82, 2.24) is 5.32 Å². The summed E-state index contributed by atoms with van der Waals surface area (Å²) in [6.45, 7) is 8.31. The van der Waals surface area contributed by atoms with Crippen molar-refractivity contribution in [3.8, 4) is 0 Å². The van der Waals surface area contributed by atoms with Crippen molar-refractivity contribution in [1.29, 1.82) is 0 Å². The van der Waals surface area contributed by atoms with Crippen molar-refractivity contribution in [2.24, 2.45) is 5.11 Å². The SMILES string of the molecule is Cl.[N-]=[N+]=NCCOCCOCCOCCNCCOCCOCCOCCOCCC(=O)O. The topological polar surface area (TPSA) is 163 Å². The smallest absolute Gasteiger partial charge is 0.305 e. The zero-order chi connectivity index (χ0) is 23.4. The summed E-state index contributed by atoms with van der Waals surface area (Å²) in [4.78, 5) is 12.9. The molecule has 33 heavy (non-hydrogen) atoms. The third-order valence-electron chi connectivity index (χ3n) is 3.57. The van der Waals surface area contributed by atoms with E-state index in [9.17, 15) is 4.79 Å². The van der Waals surface area contributed by atoms with Gasteiger partial charge in [0.15, 0.2) is 0 Å². The van der Waals surface area contributed by atoms with Crippen LogP contribution in [0.4, 0.5) is 0 Å². The van der Waals surface area contributed by atoms with Crippen LogP contribution in [0.1, 0.15) is 6.42 Å². The fraction of sp³-hybridized carbons (Fsp3) is 0.947. The molecule has 0 amide bonds. The monoisotopic (exact) mass is 502 g/mol. The molecule has 0 heterocycles. The van der Waals surface area contributed by atoms with Crippen LogP contribution in [0.3, 0.4) is 0 Å². The number of carboxylic acids is 1. The van der Waals surface area contributed by atoms with Gasteiger partial charge < -0.3 is 43.6 Å². The molecule has 0 aliphatic rings. The van der Waals surface area contributed by atoms with Crippen LogP contribution in [0.25, 0.3) is 10.4 Å². The van der Waals surface area contributed by atoms with Crippen LogP contribution in [-0.4, -0.2) is 123 Å². The molecule has 0 aromatic rings. The first-order valence-corrected chi connectivity index (χ1v) is 10.7. The Labute approximate surface area is 201 Å². The molecule has 196 valence electrons. The van der Waals surface area contributed by atoms with Gasteiger partial charge in [0, 0.05) is 24.5 Å². The predicted octanol–water partition coefficient (Wildman–Crippen LogP) is 0.899. The molecule has 0 aromatic carbocycles. The minimum absolute atomic E-state index is 0. The highest BCUT2D eigenvalue weighted by atomic mass is 35.5. The number of rotatable bonds is 27. The van der Waals surface area contributed by atoms with E-state index in [1.54, 1.807) is 0 Å². The normalized spacial score (nSPS) is 10.5. The van der Waals surface area contributed by atoms with Crippen LogP contribution < -0.4 is 5.32 Å². The Hall–Kier alpha value is -1.25. The first kappa shape index (κ1) is 33.9. The molecule has 0 saturated heterocycles. The molecular weight excluding hydrogens is 464 g/mol. The molecule has 0 atom stereocenters. The maximum atomic E-state index is 10.3. The molecule has 0 spiro atoms. The van der Waals surface area contributed by atoms with Crippen molar-refractivity contribution in [2.45, 2.75) is 6.42 Å². The molecule has 0 bridgehead atoms. The third kappa shape index (κ3) is 33.0. The molecular formula is C19H39ClN4O9. The van der Waals surface area contributed by atoms with Crippen LogP contribution in [0.15, 0.2) is 5.11 Å². The van der Waals surface area contributed by atoms with Gasteiger partial charge in [0.05, 0.1) is 98.9 Å². The van der Waals surface area contributed by atoms with Gasteiger partial charge in [-0.1, -0.05) is 5.11 Å².